The molecule has 2 nitrogen and oxygen atoms in total. The van der Waals surface area contributed by atoms with Crippen molar-refractivity contribution < 1.29 is 5.11 Å². The molecule has 0 bridgehead atoms. The van der Waals surface area contributed by atoms with Crippen LogP contribution in [0.2, 0.25) is 0 Å². The van der Waals surface area contributed by atoms with Crippen molar-refractivity contribution in [3.8, 4) is 0 Å². The maximum Gasteiger partial charge on any atom is 0.0794 e. The Balaban J connectivity index is 2.22. The van der Waals surface area contributed by atoms with Crippen molar-refractivity contribution in [1.29, 1.82) is 0 Å². The van der Waals surface area contributed by atoms with E-state index in [0.717, 1.165) is 19.3 Å². The van der Waals surface area contributed by atoms with Crippen LogP contribution in [0.15, 0.2) is 11.7 Å². The van der Waals surface area contributed by atoms with Crippen molar-refractivity contribution in [2.24, 2.45) is 5.92 Å². The smallest absolute Gasteiger partial charge is 0.0794 e. The average Bonchev–Trinajstić information content (AvgIpc) is 2.53. The van der Waals surface area contributed by atoms with E-state index in [-0.39, 0.29) is 6.10 Å². The summed E-state index contributed by atoms with van der Waals surface area (Å²) in [4.78, 5) is 5.15. The molecule has 0 fully saturated rings. The summed E-state index contributed by atoms with van der Waals surface area (Å²) in [5, 5.41) is 9.65. The van der Waals surface area contributed by atoms with Crippen LogP contribution < -0.4 is 0 Å². The van der Waals surface area contributed by atoms with Gasteiger partial charge in [-0.15, -0.1) is 11.3 Å². The predicted octanol–water partition coefficient (Wildman–Crippen LogP) is 2.48. The maximum absolute atomic E-state index is 9.65. The third-order valence-electron chi connectivity index (χ3n) is 2.00. The Labute approximate surface area is 83.6 Å². The quantitative estimate of drug-likeness (QED) is 0.790. The van der Waals surface area contributed by atoms with E-state index in [1.165, 1.54) is 4.88 Å². The second-order valence-corrected chi connectivity index (χ2v) is 4.77. The molecule has 0 aliphatic heterocycles. The van der Waals surface area contributed by atoms with Gasteiger partial charge in [0, 0.05) is 17.5 Å². The molecule has 1 aromatic rings. The highest BCUT2D eigenvalue weighted by Gasteiger charge is 2.07. The summed E-state index contributed by atoms with van der Waals surface area (Å²) < 4.78 is 0. The topological polar surface area (TPSA) is 33.1 Å². The van der Waals surface area contributed by atoms with Crippen LogP contribution in [0.3, 0.4) is 0 Å². The normalized spacial score (nSPS) is 13.5. The summed E-state index contributed by atoms with van der Waals surface area (Å²) in [6.07, 6.45) is 4.40. The molecule has 0 aliphatic rings. The first-order valence-electron chi connectivity index (χ1n) is 4.74. The van der Waals surface area contributed by atoms with Gasteiger partial charge in [0.05, 0.1) is 11.6 Å². The van der Waals surface area contributed by atoms with Crippen molar-refractivity contribution in [3.05, 3.63) is 16.6 Å². The lowest BCUT2D eigenvalue weighted by Crippen LogP contribution is -2.10. The zero-order chi connectivity index (χ0) is 9.68. The molecule has 0 aliphatic carbocycles. The van der Waals surface area contributed by atoms with Crippen LogP contribution in [0.1, 0.15) is 31.6 Å². The van der Waals surface area contributed by atoms with E-state index in [0.29, 0.717) is 5.92 Å². The van der Waals surface area contributed by atoms with Crippen LogP contribution in [-0.2, 0) is 6.42 Å². The molecule has 1 rings (SSSR count). The third-order valence-corrected chi connectivity index (χ3v) is 2.80. The fourth-order valence-corrected chi connectivity index (χ4v) is 1.87. The largest absolute Gasteiger partial charge is 0.393 e. The molecular weight excluding hydrogens is 182 g/mol. The molecule has 74 valence electrons. The van der Waals surface area contributed by atoms with Crippen LogP contribution in [-0.4, -0.2) is 16.2 Å². The van der Waals surface area contributed by atoms with Crippen molar-refractivity contribution in [2.75, 3.05) is 0 Å². The maximum atomic E-state index is 9.65. The number of aliphatic hydroxyl groups excluding tert-OH is 1. The van der Waals surface area contributed by atoms with E-state index in [2.05, 4.69) is 18.8 Å². The Morgan fingerprint density at radius 1 is 1.46 bits per heavy atom. The standard InChI is InChI=1S/C10H17NOS/c1-8(2)3-4-9(12)5-10-6-11-7-13-10/h6-9,12H,3-5H2,1-2H3. The van der Waals surface area contributed by atoms with Crippen molar-refractivity contribution in [2.45, 2.75) is 39.2 Å². The fraction of sp³-hybridized carbons (Fsp3) is 0.700. The molecule has 1 N–H and O–H groups in total. The zero-order valence-corrected chi connectivity index (χ0v) is 9.05. The molecule has 0 spiro atoms. The second-order valence-electron chi connectivity index (χ2n) is 3.80. The molecule has 1 unspecified atom stereocenters. The van der Waals surface area contributed by atoms with Gasteiger partial charge in [-0.1, -0.05) is 13.8 Å². The Hall–Kier alpha value is -0.410. The molecule has 0 amide bonds. The number of thiazole rings is 1. The molecule has 0 saturated heterocycles. The molecular formula is C10H17NOS. The van der Waals surface area contributed by atoms with Gasteiger partial charge in [-0.25, -0.2) is 0 Å². The van der Waals surface area contributed by atoms with E-state index in [4.69, 9.17) is 0 Å². The van der Waals surface area contributed by atoms with E-state index in [9.17, 15) is 5.11 Å². The summed E-state index contributed by atoms with van der Waals surface area (Å²) in [6, 6.07) is 0. The van der Waals surface area contributed by atoms with Crippen molar-refractivity contribution >= 4 is 11.3 Å². The Morgan fingerprint density at radius 3 is 2.77 bits per heavy atom. The number of hydrogen-bond donors (Lipinski definition) is 1. The number of aliphatic hydroxyl groups is 1. The monoisotopic (exact) mass is 199 g/mol. The lowest BCUT2D eigenvalue weighted by atomic mass is 10.0. The minimum atomic E-state index is -0.192. The van der Waals surface area contributed by atoms with E-state index < -0.39 is 0 Å². The van der Waals surface area contributed by atoms with Crippen LogP contribution >= 0.6 is 11.3 Å². The van der Waals surface area contributed by atoms with Gasteiger partial charge in [0.15, 0.2) is 0 Å². The van der Waals surface area contributed by atoms with Gasteiger partial charge < -0.3 is 5.11 Å². The van der Waals surface area contributed by atoms with Gasteiger partial charge in [0.1, 0.15) is 0 Å². The first-order valence-corrected chi connectivity index (χ1v) is 5.62. The fourth-order valence-electron chi connectivity index (χ4n) is 1.20. The highest BCUT2D eigenvalue weighted by atomic mass is 32.1. The summed E-state index contributed by atoms with van der Waals surface area (Å²) in [7, 11) is 0. The first kappa shape index (κ1) is 10.7. The molecule has 3 heteroatoms. The highest BCUT2D eigenvalue weighted by Crippen LogP contribution is 2.13. The highest BCUT2D eigenvalue weighted by molar-refractivity contribution is 7.09. The lowest BCUT2D eigenvalue weighted by molar-refractivity contribution is 0.157. The molecule has 1 atom stereocenters. The summed E-state index contributed by atoms with van der Waals surface area (Å²) >= 11 is 1.61. The average molecular weight is 199 g/mol. The molecule has 0 aromatic carbocycles. The van der Waals surface area contributed by atoms with Crippen LogP contribution in [0.4, 0.5) is 0 Å². The van der Waals surface area contributed by atoms with Crippen molar-refractivity contribution in [1.82, 2.24) is 4.98 Å². The molecule has 0 saturated carbocycles. The van der Waals surface area contributed by atoms with Crippen LogP contribution in [0, 0.1) is 5.92 Å². The van der Waals surface area contributed by atoms with Crippen LogP contribution in [0.25, 0.3) is 0 Å². The predicted molar refractivity (Wildman–Crippen MR) is 55.9 cm³/mol. The number of rotatable bonds is 5. The number of hydrogen-bond acceptors (Lipinski definition) is 3. The second kappa shape index (κ2) is 5.35. The molecule has 1 heterocycles. The molecule has 1 aromatic heterocycles. The van der Waals surface area contributed by atoms with Crippen LogP contribution in [0.5, 0.6) is 0 Å². The SMILES string of the molecule is CC(C)CCC(O)Cc1cncs1. The zero-order valence-electron chi connectivity index (χ0n) is 8.23. The van der Waals surface area contributed by atoms with Gasteiger partial charge in [-0.3, -0.25) is 4.98 Å². The van der Waals surface area contributed by atoms with E-state index in [1.54, 1.807) is 11.3 Å². The lowest BCUT2D eigenvalue weighted by Gasteiger charge is -2.10. The van der Waals surface area contributed by atoms with Gasteiger partial charge in [0.2, 0.25) is 0 Å². The Bertz CT molecular complexity index is 221. The van der Waals surface area contributed by atoms with Gasteiger partial charge in [-0.05, 0) is 18.8 Å². The summed E-state index contributed by atoms with van der Waals surface area (Å²) in [6.45, 7) is 4.36. The first-order chi connectivity index (χ1) is 6.18. The minimum absolute atomic E-state index is 0.192. The number of nitrogens with zero attached hydrogens (tertiary/aromatic N) is 1. The van der Waals surface area contributed by atoms with E-state index >= 15 is 0 Å². The molecule has 0 radical (unpaired) electrons. The Morgan fingerprint density at radius 2 is 2.23 bits per heavy atom. The van der Waals surface area contributed by atoms with Gasteiger partial charge in [-0.2, -0.15) is 0 Å². The summed E-state index contributed by atoms with van der Waals surface area (Å²) in [5.74, 6) is 0.677. The van der Waals surface area contributed by atoms with Gasteiger partial charge >= 0.3 is 0 Å². The Kier molecular flexibility index (Phi) is 4.39. The molecule has 13 heavy (non-hydrogen) atoms. The number of aromatic nitrogens is 1. The minimum Gasteiger partial charge on any atom is -0.393 e. The van der Waals surface area contributed by atoms with Gasteiger partial charge in [0.25, 0.3) is 0 Å². The van der Waals surface area contributed by atoms with E-state index in [1.807, 2.05) is 11.7 Å². The third kappa shape index (κ3) is 4.39. The summed E-state index contributed by atoms with van der Waals surface area (Å²) in [5.41, 5.74) is 1.81. The van der Waals surface area contributed by atoms with Crippen molar-refractivity contribution in [3.63, 3.8) is 0 Å².